The molecule has 0 unspecified atom stereocenters. The van der Waals surface area contributed by atoms with E-state index in [1.807, 2.05) is 0 Å². The van der Waals surface area contributed by atoms with Crippen LogP contribution in [-0.4, -0.2) is 26.1 Å². The van der Waals surface area contributed by atoms with Gasteiger partial charge in [0.1, 0.15) is 11.5 Å². The molecule has 6 nitrogen and oxygen atoms in total. The monoisotopic (exact) mass is 300 g/mol. The van der Waals surface area contributed by atoms with Crippen molar-refractivity contribution in [2.24, 2.45) is 0 Å². The van der Waals surface area contributed by atoms with Crippen molar-refractivity contribution in [2.75, 3.05) is 19.5 Å². The first kappa shape index (κ1) is 15.4. The first-order valence-corrected chi connectivity index (χ1v) is 6.40. The van der Waals surface area contributed by atoms with Gasteiger partial charge in [0.2, 0.25) is 0 Å². The van der Waals surface area contributed by atoms with Gasteiger partial charge in [0.25, 0.3) is 5.91 Å². The molecular weight excluding hydrogens is 286 g/mol. The summed E-state index contributed by atoms with van der Waals surface area (Å²) in [4.78, 5) is 23.4. The van der Waals surface area contributed by atoms with Gasteiger partial charge < -0.3 is 24.7 Å². The van der Waals surface area contributed by atoms with Crippen LogP contribution in [0.5, 0.6) is 11.5 Å². The number of methoxy groups -OCH3 is 2. The van der Waals surface area contributed by atoms with Crippen LogP contribution < -0.4 is 19.9 Å². The summed E-state index contributed by atoms with van der Waals surface area (Å²) in [6.07, 6.45) is 0. The summed E-state index contributed by atoms with van der Waals surface area (Å²) in [5.74, 6) is -1.03. The largest absolute Gasteiger partial charge is 0.545 e. The highest BCUT2D eigenvalue weighted by Crippen LogP contribution is 2.29. The fraction of sp³-hybridized carbons (Fsp3) is 0.125. The van der Waals surface area contributed by atoms with E-state index in [0.717, 1.165) is 0 Å². The van der Waals surface area contributed by atoms with Crippen LogP contribution in [-0.2, 0) is 0 Å². The SMILES string of the molecule is COc1ccc(OC)c(NC(=O)c2ccccc2C(=O)[O-])c1. The molecular formula is C16H14NO5-. The summed E-state index contributed by atoms with van der Waals surface area (Å²) in [5.41, 5.74) is 0.203. The average molecular weight is 300 g/mol. The summed E-state index contributed by atoms with van der Waals surface area (Å²) >= 11 is 0. The molecule has 0 aliphatic heterocycles. The Morgan fingerprint density at radius 1 is 1.00 bits per heavy atom. The Labute approximate surface area is 127 Å². The van der Waals surface area contributed by atoms with Crippen LogP contribution in [0.4, 0.5) is 5.69 Å². The highest BCUT2D eigenvalue weighted by molar-refractivity contribution is 6.10. The number of ether oxygens (including phenoxy) is 2. The highest BCUT2D eigenvalue weighted by atomic mass is 16.5. The molecule has 0 radical (unpaired) electrons. The number of hydrogen-bond donors (Lipinski definition) is 1. The van der Waals surface area contributed by atoms with Crippen molar-refractivity contribution in [2.45, 2.75) is 0 Å². The standard InChI is InChI=1S/C16H15NO5/c1-21-10-7-8-14(22-2)13(9-10)17-15(18)11-5-3-4-6-12(11)16(19)20/h3-9H,1-2H3,(H,17,18)(H,19,20)/p-1. The van der Waals surface area contributed by atoms with Crippen LogP contribution in [0.1, 0.15) is 20.7 Å². The number of anilines is 1. The number of carboxylic acids is 1. The van der Waals surface area contributed by atoms with Gasteiger partial charge in [-0.15, -0.1) is 0 Å². The predicted molar refractivity (Wildman–Crippen MR) is 78.3 cm³/mol. The van der Waals surface area contributed by atoms with E-state index in [0.29, 0.717) is 17.2 Å². The number of carbonyl (C=O) groups excluding carboxylic acids is 2. The lowest BCUT2D eigenvalue weighted by molar-refractivity contribution is -0.255. The van der Waals surface area contributed by atoms with Crippen LogP contribution in [0.15, 0.2) is 42.5 Å². The van der Waals surface area contributed by atoms with Crippen molar-refractivity contribution in [1.82, 2.24) is 0 Å². The van der Waals surface area contributed by atoms with Crippen molar-refractivity contribution < 1.29 is 24.2 Å². The predicted octanol–water partition coefficient (Wildman–Crippen LogP) is 1.32. The molecule has 0 heterocycles. The van der Waals surface area contributed by atoms with Crippen LogP contribution in [0, 0.1) is 0 Å². The minimum absolute atomic E-state index is 0.00683. The van der Waals surface area contributed by atoms with Gasteiger partial charge in [-0.05, 0) is 18.2 Å². The summed E-state index contributed by atoms with van der Waals surface area (Å²) in [6, 6.07) is 10.7. The summed E-state index contributed by atoms with van der Waals surface area (Å²) in [7, 11) is 2.96. The lowest BCUT2D eigenvalue weighted by atomic mass is 10.1. The minimum atomic E-state index is -1.41. The first-order valence-electron chi connectivity index (χ1n) is 6.40. The molecule has 0 aromatic heterocycles. The Morgan fingerprint density at radius 3 is 2.27 bits per heavy atom. The second-order valence-corrected chi connectivity index (χ2v) is 4.35. The van der Waals surface area contributed by atoms with E-state index in [-0.39, 0.29) is 11.1 Å². The van der Waals surface area contributed by atoms with E-state index < -0.39 is 11.9 Å². The number of nitrogens with one attached hydrogen (secondary N) is 1. The average Bonchev–Trinajstić information content (AvgIpc) is 2.54. The molecule has 114 valence electrons. The van der Waals surface area contributed by atoms with Crippen molar-refractivity contribution in [3.05, 3.63) is 53.6 Å². The number of carboxylic acid groups (broad SMARTS) is 1. The molecule has 2 rings (SSSR count). The Bertz CT molecular complexity index is 711. The van der Waals surface area contributed by atoms with Crippen molar-refractivity contribution in [1.29, 1.82) is 0 Å². The zero-order valence-electron chi connectivity index (χ0n) is 12.1. The number of rotatable bonds is 5. The van der Waals surface area contributed by atoms with Gasteiger partial charge in [-0.25, -0.2) is 0 Å². The highest BCUT2D eigenvalue weighted by Gasteiger charge is 2.14. The summed E-state index contributed by atoms with van der Waals surface area (Å²) < 4.78 is 10.3. The second-order valence-electron chi connectivity index (χ2n) is 4.35. The van der Waals surface area contributed by atoms with Gasteiger partial charge in [0.15, 0.2) is 0 Å². The maximum atomic E-state index is 12.3. The molecule has 1 N–H and O–H groups in total. The molecule has 0 fully saturated rings. The summed E-state index contributed by atoms with van der Waals surface area (Å²) in [6.45, 7) is 0. The third kappa shape index (κ3) is 3.17. The normalized spacial score (nSPS) is 9.91. The molecule has 1 amide bonds. The molecule has 2 aromatic carbocycles. The quantitative estimate of drug-likeness (QED) is 0.899. The zero-order chi connectivity index (χ0) is 16.1. The van der Waals surface area contributed by atoms with Gasteiger partial charge in [-0.3, -0.25) is 4.79 Å². The molecule has 0 atom stereocenters. The van der Waals surface area contributed by atoms with Gasteiger partial charge in [0, 0.05) is 17.2 Å². The fourth-order valence-electron chi connectivity index (χ4n) is 1.96. The molecule has 0 bridgehead atoms. The van der Waals surface area contributed by atoms with Crippen molar-refractivity contribution >= 4 is 17.6 Å². The molecule has 2 aromatic rings. The van der Waals surface area contributed by atoms with E-state index in [2.05, 4.69) is 5.32 Å². The first-order chi connectivity index (χ1) is 10.6. The van der Waals surface area contributed by atoms with Crippen LogP contribution in [0.25, 0.3) is 0 Å². The molecule has 22 heavy (non-hydrogen) atoms. The Morgan fingerprint density at radius 2 is 1.68 bits per heavy atom. The number of amides is 1. The van der Waals surface area contributed by atoms with Gasteiger partial charge >= 0.3 is 0 Å². The molecule has 0 aliphatic carbocycles. The van der Waals surface area contributed by atoms with E-state index in [4.69, 9.17) is 9.47 Å². The molecule has 6 heteroatoms. The van der Waals surface area contributed by atoms with Crippen LogP contribution in [0.3, 0.4) is 0 Å². The lowest BCUT2D eigenvalue weighted by Gasteiger charge is -2.14. The maximum Gasteiger partial charge on any atom is 0.256 e. The molecule has 0 aliphatic rings. The third-order valence-corrected chi connectivity index (χ3v) is 3.05. The van der Waals surface area contributed by atoms with E-state index in [9.17, 15) is 14.7 Å². The second kappa shape index (κ2) is 6.62. The lowest BCUT2D eigenvalue weighted by Crippen LogP contribution is -2.26. The van der Waals surface area contributed by atoms with Crippen molar-refractivity contribution in [3.8, 4) is 11.5 Å². The molecule has 0 saturated heterocycles. The van der Waals surface area contributed by atoms with Gasteiger partial charge in [-0.2, -0.15) is 0 Å². The Kier molecular flexibility index (Phi) is 4.63. The maximum absolute atomic E-state index is 12.3. The number of carbonyl (C=O) groups is 2. The number of benzene rings is 2. The molecule has 0 saturated carbocycles. The molecule has 0 spiro atoms. The van der Waals surface area contributed by atoms with Crippen LogP contribution in [0.2, 0.25) is 0 Å². The zero-order valence-corrected chi connectivity index (χ0v) is 12.1. The number of aromatic carboxylic acids is 1. The minimum Gasteiger partial charge on any atom is -0.545 e. The topological polar surface area (TPSA) is 87.7 Å². The Balaban J connectivity index is 2.35. The smallest absolute Gasteiger partial charge is 0.256 e. The third-order valence-electron chi connectivity index (χ3n) is 3.05. The van der Waals surface area contributed by atoms with E-state index in [1.165, 1.54) is 32.4 Å². The summed E-state index contributed by atoms with van der Waals surface area (Å²) in [5, 5.41) is 13.7. The Hall–Kier alpha value is -3.02. The van der Waals surface area contributed by atoms with E-state index in [1.54, 1.807) is 24.3 Å². The van der Waals surface area contributed by atoms with Crippen molar-refractivity contribution in [3.63, 3.8) is 0 Å². The van der Waals surface area contributed by atoms with Gasteiger partial charge in [0.05, 0.1) is 25.9 Å². The number of hydrogen-bond acceptors (Lipinski definition) is 5. The van der Waals surface area contributed by atoms with E-state index >= 15 is 0 Å². The van der Waals surface area contributed by atoms with Crippen LogP contribution >= 0.6 is 0 Å². The van der Waals surface area contributed by atoms with Gasteiger partial charge in [-0.1, -0.05) is 18.2 Å². The fourth-order valence-corrected chi connectivity index (χ4v) is 1.96.